The molecule has 0 unspecified atom stereocenters. The maximum absolute atomic E-state index is 5.77. The second kappa shape index (κ2) is 4.85. The fourth-order valence-electron chi connectivity index (χ4n) is 1.61. The summed E-state index contributed by atoms with van der Waals surface area (Å²) in [6.45, 7) is 4.52. The van der Waals surface area contributed by atoms with Crippen LogP contribution < -0.4 is 5.73 Å². The summed E-state index contributed by atoms with van der Waals surface area (Å²) in [4.78, 5) is 4.52. The Kier molecular flexibility index (Phi) is 3.44. The molecule has 0 radical (unpaired) electrons. The largest absolute Gasteiger partial charge is 0.326 e. The van der Waals surface area contributed by atoms with Crippen molar-refractivity contribution in [1.82, 2.24) is 19.7 Å². The maximum atomic E-state index is 5.77. The minimum Gasteiger partial charge on any atom is -0.326 e. The number of hydrogen-bond acceptors (Lipinski definition) is 5. The first-order chi connectivity index (χ1) is 8.11. The van der Waals surface area contributed by atoms with Gasteiger partial charge in [0.15, 0.2) is 5.16 Å². The molecule has 2 heterocycles. The van der Waals surface area contributed by atoms with Crippen LogP contribution in [0.1, 0.15) is 16.8 Å². The van der Waals surface area contributed by atoms with Gasteiger partial charge in [0.1, 0.15) is 11.4 Å². The first kappa shape index (κ1) is 12.1. The summed E-state index contributed by atoms with van der Waals surface area (Å²) in [5.74, 6) is 0. The fraction of sp³-hybridized carbons (Fsp3) is 0.364. The molecule has 0 spiro atoms. The summed E-state index contributed by atoms with van der Waals surface area (Å²) in [5, 5.41) is 9.63. The number of aromatic nitrogens is 4. The van der Waals surface area contributed by atoms with Crippen LogP contribution in [0.4, 0.5) is 0 Å². The third-order valence-electron chi connectivity index (χ3n) is 2.50. The highest BCUT2D eigenvalue weighted by molar-refractivity contribution is 7.99. The highest BCUT2D eigenvalue weighted by atomic mass is 32.2. The molecule has 0 saturated carbocycles. The lowest BCUT2D eigenvalue weighted by Crippen LogP contribution is -2.04. The molecule has 0 aliphatic heterocycles. The Bertz CT molecular complexity index is 535. The van der Waals surface area contributed by atoms with Gasteiger partial charge in [-0.3, -0.25) is 0 Å². The smallest absolute Gasteiger partial charge is 0.197 e. The maximum Gasteiger partial charge on any atom is 0.197 e. The monoisotopic (exact) mass is 249 g/mol. The quantitative estimate of drug-likeness (QED) is 0.891. The summed E-state index contributed by atoms with van der Waals surface area (Å²) < 4.78 is 1.87. The molecule has 2 aromatic rings. The van der Waals surface area contributed by atoms with Gasteiger partial charge in [-0.15, -0.1) is 10.2 Å². The molecule has 0 bridgehead atoms. The Hall–Kier alpha value is -1.40. The van der Waals surface area contributed by atoms with E-state index in [1.807, 2.05) is 24.6 Å². The molecule has 2 N–H and O–H groups in total. The van der Waals surface area contributed by atoms with E-state index in [9.17, 15) is 0 Å². The Labute approximate surface area is 104 Å². The van der Waals surface area contributed by atoms with Crippen molar-refractivity contribution in [1.29, 1.82) is 0 Å². The second-order valence-corrected chi connectivity index (χ2v) is 4.85. The normalized spacial score (nSPS) is 10.8. The van der Waals surface area contributed by atoms with Crippen LogP contribution in [0, 0.1) is 13.8 Å². The topological polar surface area (TPSA) is 69.6 Å². The van der Waals surface area contributed by atoms with E-state index >= 15 is 0 Å². The molecule has 6 heteroatoms. The summed E-state index contributed by atoms with van der Waals surface area (Å²) in [5.41, 5.74) is 9.01. The van der Waals surface area contributed by atoms with E-state index in [1.165, 1.54) is 17.3 Å². The summed E-state index contributed by atoms with van der Waals surface area (Å²) >= 11 is 1.50. The molecule has 2 aromatic heterocycles. The van der Waals surface area contributed by atoms with Gasteiger partial charge in [-0.1, -0.05) is 0 Å². The van der Waals surface area contributed by atoms with E-state index < -0.39 is 0 Å². The molecule has 0 aliphatic rings. The molecule has 0 saturated heterocycles. The van der Waals surface area contributed by atoms with Gasteiger partial charge in [-0.2, -0.15) is 0 Å². The first-order valence-electron chi connectivity index (χ1n) is 5.31. The van der Waals surface area contributed by atoms with Crippen molar-refractivity contribution in [2.24, 2.45) is 12.8 Å². The van der Waals surface area contributed by atoms with Crippen molar-refractivity contribution in [3.63, 3.8) is 0 Å². The number of hydrogen-bond donors (Lipinski definition) is 1. The summed E-state index contributed by atoms with van der Waals surface area (Å²) in [6.07, 6.45) is 1.67. The van der Waals surface area contributed by atoms with E-state index in [0.29, 0.717) is 6.54 Å². The molecule has 0 aromatic carbocycles. The van der Waals surface area contributed by atoms with Crippen LogP contribution in [0.25, 0.3) is 0 Å². The summed E-state index contributed by atoms with van der Waals surface area (Å²) in [6, 6.07) is 2.04. The molecule has 0 fully saturated rings. The van der Waals surface area contributed by atoms with Gasteiger partial charge in [0, 0.05) is 24.8 Å². The van der Waals surface area contributed by atoms with E-state index in [-0.39, 0.29) is 0 Å². The zero-order valence-corrected chi connectivity index (χ0v) is 11.0. The van der Waals surface area contributed by atoms with Gasteiger partial charge in [0.2, 0.25) is 0 Å². The van der Waals surface area contributed by atoms with E-state index in [2.05, 4.69) is 22.1 Å². The van der Waals surface area contributed by atoms with Gasteiger partial charge in [-0.25, -0.2) is 4.98 Å². The average molecular weight is 249 g/mol. The SMILES string of the molecule is Cc1cc(C)c(CN)c(Sc2nncn2C)n1. The molecule has 0 aliphatic carbocycles. The van der Waals surface area contributed by atoms with E-state index in [4.69, 9.17) is 5.73 Å². The molecule has 0 atom stereocenters. The predicted octanol–water partition coefficient (Wildman–Crippen LogP) is 1.44. The predicted molar refractivity (Wildman–Crippen MR) is 66.7 cm³/mol. The molecule has 90 valence electrons. The number of rotatable bonds is 3. The fourth-order valence-corrected chi connectivity index (χ4v) is 2.62. The van der Waals surface area contributed by atoms with Crippen molar-refractivity contribution in [3.8, 4) is 0 Å². The van der Waals surface area contributed by atoms with Crippen LogP contribution in [0.15, 0.2) is 22.6 Å². The molecule has 0 amide bonds. The van der Waals surface area contributed by atoms with E-state index in [1.54, 1.807) is 6.33 Å². The molecular weight excluding hydrogens is 234 g/mol. The van der Waals surface area contributed by atoms with Crippen LogP contribution in [-0.2, 0) is 13.6 Å². The minimum absolute atomic E-state index is 0.485. The Morgan fingerprint density at radius 1 is 1.41 bits per heavy atom. The zero-order valence-electron chi connectivity index (χ0n) is 10.1. The van der Waals surface area contributed by atoms with Crippen LogP contribution in [0.2, 0.25) is 0 Å². The minimum atomic E-state index is 0.485. The highest BCUT2D eigenvalue weighted by Gasteiger charge is 2.11. The van der Waals surface area contributed by atoms with Crippen molar-refractivity contribution in [2.75, 3.05) is 0 Å². The van der Waals surface area contributed by atoms with Gasteiger partial charge >= 0.3 is 0 Å². The molecule has 17 heavy (non-hydrogen) atoms. The van der Waals surface area contributed by atoms with Gasteiger partial charge in [0.25, 0.3) is 0 Å². The molecule has 5 nitrogen and oxygen atoms in total. The molecule has 2 rings (SSSR count). The number of nitrogens with zero attached hydrogens (tertiary/aromatic N) is 4. The van der Waals surface area contributed by atoms with Crippen molar-refractivity contribution in [2.45, 2.75) is 30.6 Å². The van der Waals surface area contributed by atoms with Crippen LogP contribution in [0.5, 0.6) is 0 Å². The third kappa shape index (κ3) is 2.48. The van der Waals surface area contributed by atoms with Crippen LogP contribution in [-0.4, -0.2) is 19.7 Å². The van der Waals surface area contributed by atoms with Crippen LogP contribution in [0.3, 0.4) is 0 Å². The molecular formula is C11H15N5S. The number of aryl methyl sites for hydroxylation is 3. The van der Waals surface area contributed by atoms with Crippen LogP contribution >= 0.6 is 11.8 Å². The number of pyridine rings is 1. The Morgan fingerprint density at radius 3 is 2.76 bits per heavy atom. The third-order valence-corrected chi connectivity index (χ3v) is 3.58. The zero-order chi connectivity index (χ0) is 12.4. The average Bonchev–Trinajstić information content (AvgIpc) is 2.64. The van der Waals surface area contributed by atoms with Crippen molar-refractivity contribution >= 4 is 11.8 Å². The lowest BCUT2D eigenvalue weighted by atomic mass is 10.1. The van der Waals surface area contributed by atoms with Gasteiger partial charge < -0.3 is 10.3 Å². The number of nitrogens with two attached hydrogens (primary N) is 1. The Morgan fingerprint density at radius 2 is 2.18 bits per heavy atom. The lowest BCUT2D eigenvalue weighted by molar-refractivity contribution is 0.784. The van der Waals surface area contributed by atoms with E-state index in [0.717, 1.165) is 21.4 Å². The van der Waals surface area contributed by atoms with Gasteiger partial charge in [-0.05, 0) is 37.2 Å². The first-order valence-corrected chi connectivity index (χ1v) is 6.12. The summed E-state index contributed by atoms with van der Waals surface area (Å²) in [7, 11) is 1.91. The second-order valence-electron chi connectivity index (χ2n) is 3.89. The standard InChI is InChI=1S/C11H15N5S/c1-7-4-8(2)14-10(9(7)5-12)17-11-15-13-6-16(11)3/h4,6H,5,12H2,1-3H3. The van der Waals surface area contributed by atoms with Crippen molar-refractivity contribution in [3.05, 3.63) is 29.2 Å². The highest BCUT2D eigenvalue weighted by Crippen LogP contribution is 2.28. The van der Waals surface area contributed by atoms with Crippen molar-refractivity contribution < 1.29 is 0 Å². The lowest BCUT2D eigenvalue weighted by Gasteiger charge is -2.10. The van der Waals surface area contributed by atoms with Gasteiger partial charge in [0.05, 0.1) is 0 Å². The Balaban J connectivity index is 2.41.